The molecular weight excluding hydrogens is 374 g/mol. The molecule has 0 unspecified atom stereocenters. The van der Waals surface area contributed by atoms with Crippen molar-refractivity contribution in [2.45, 2.75) is 37.9 Å². The molecule has 0 aliphatic rings. The third-order valence-corrected chi connectivity index (χ3v) is 5.36. The number of nitrogens with one attached hydrogen (secondary N) is 1. The topological polar surface area (TPSA) is 74.0 Å². The second kappa shape index (κ2) is 8.36. The van der Waals surface area contributed by atoms with E-state index in [-0.39, 0.29) is 17.1 Å². The molecular formula is C20H27N5O2S. The number of para-hydroxylation sites is 2. The minimum atomic E-state index is -0.0844. The average molecular weight is 402 g/mol. The maximum absolute atomic E-state index is 12.5. The number of aryl methyl sites for hydroxylation is 1. The number of fused-ring (bicyclic) bond motifs is 1. The second-order valence-electron chi connectivity index (χ2n) is 7.65. The zero-order valence-corrected chi connectivity index (χ0v) is 17.8. The van der Waals surface area contributed by atoms with Crippen LogP contribution in [0.2, 0.25) is 0 Å². The van der Waals surface area contributed by atoms with Gasteiger partial charge in [0.1, 0.15) is 5.82 Å². The third kappa shape index (κ3) is 4.56. The summed E-state index contributed by atoms with van der Waals surface area (Å²) in [5.74, 6) is 0.883. The first kappa shape index (κ1) is 20.4. The van der Waals surface area contributed by atoms with Gasteiger partial charge >= 0.3 is 0 Å². The van der Waals surface area contributed by atoms with Gasteiger partial charge in [-0.2, -0.15) is 5.10 Å². The fraction of sp³-hybridized carbons (Fsp3) is 0.450. The van der Waals surface area contributed by atoms with Crippen LogP contribution in [0.3, 0.4) is 0 Å². The summed E-state index contributed by atoms with van der Waals surface area (Å²) in [7, 11) is 3.52. The number of hydrogen-bond acceptors (Lipinski definition) is 5. The Morgan fingerprint density at radius 2 is 2.04 bits per heavy atom. The third-order valence-electron chi connectivity index (χ3n) is 4.39. The maximum Gasteiger partial charge on any atom is 0.235 e. The van der Waals surface area contributed by atoms with E-state index in [1.54, 1.807) is 11.8 Å². The zero-order chi connectivity index (χ0) is 20.3. The van der Waals surface area contributed by atoms with Crippen molar-refractivity contribution < 1.29 is 9.53 Å². The predicted octanol–water partition coefficient (Wildman–Crippen LogP) is 3.44. The Balaban J connectivity index is 1.70. The number of amides is 1. The number of imidazole rings is 1. The van der Waals surface area contributed by atoms with E-state index < -0.39 is 0 Å². The number of anilines is 1. The highest BCUT2D eigenvalue weighted by Gasteiger charge is 2.20. The molecule has 0 fully saturated rings. The molecule has 0 spiro atoms. The summed E-state index contributed by atoms with van der Waals surface area (Å²) in [6.07, 6.45) is 0. The molecule has 0 bridgehead atoms. The summed E-state index contributed by atoms with van der Waals surface area (Å²) in [6, 6.07) is 9.89. The fourth-order valence-electron chi connectivity index (χ4n) is 2.82. The zero-order valence-electron chi connectivity index (χ0n) is 17.0. The van der Waals surface area contributed by atoms with Crippen molar-refractivity contribution in [2.75, 3.05) is 24.8 Å². The molecule has 0 aliphatic heterocycles. The van der Waals surface area contributed by atoms with E-state index in [0.717, 1.165) is 21.9 Å². The highest BCUT2D eigenvalue weighted by molar-refractivity contribution is 7.99. The monoisotopic (exact) mass is 401 g/mol. The molecule has 8 heteroatoms. The number of methoxy groups -OCH3 is 1. The van der Waals surface area contributed by atoms with Crippen molar-refractivity contribution in [3.05, 3.63) is 36.0 Å². The van der Waals surface area contributed by atoms with Crippen LogP contribution in [0.5, 0.6) is 0 Å². The number of rotatable bonds is 7. The van der Waals surface area contributed by atoms with E-state index in [0.29, 0.717) is 19.0 Å². The number of hydrogen-bond donors (Lipinski definition) is 1. The van der Waals surface area contributed by atoms with Gasteiger partial charge in [0.05, 0.1) is 29.1 Å². The number of nitrogens with zero attached hydrogens (tertiary/aromatic N) is 4. The van der Waals surface area contributed by atoms with Crippen LogP contribution in [-0.2, 0) is 28.5 Å². The maximum atomic E-state index is 12.5. The molecule has 7 nitrogen and oxygen atoms in total. The summed E-state index contributed by atoms with van der Waals surface area (Å²) in [5, 5.41) is 8.26. The Bertz CT molecular complexity index is 971. The molecule has 0 atom stereocenters. The summed E-state index contributed by atoms with van der Waals surface area (Å²) >= 11 is 1.42. The number of thioether (sulfide) groups is 1. The SMILES string of the molecule is COCCn1c(SCC(=O)Nc2cc(C(C)(C)C)nn2C)nc2ccccc21. The van der Waals surface area contributed by atoms with Gasteiger partial charge in [0.2, 0.25) is 5.91 Å². The normalized spacial score (nSPS) is 11.9. The van der Waals surface area contributed by atoms with Gasteiger partial charge in [-0.05, 0) is 12.1 Å². The fourth-order valence-corrected chi connectivity index (χ4v) is 3.66. The van der Waals surface area contributed by atoms with Gasteiger partial charge in [-0.3, -0.25) is 9.48 Å². The van der Waals surface area contributed by atoms with Gasteiger partial charge in [0.15, 0.2) is 5.16 Å². The Morgan fingerprint density at radius 3 is 2.71 bits per heavy atom. The van der Waals surface area contributed by atoms with Crippen LogP contribution in [-0.4, -0.2) is 44.7 Å². The molecule has 2 aromatic heterocycles. The highest BCUT2D eigenvalue weighted by Crippen LogP contribution is 2.25. The van der Waals surface area contributed by atoms with Gasteiger partial charge < -0.3 is 14.6 Å². The standard InChI is InChI=1S/C20H27N5O2S/c1-20(2,3)16-12-17(24(4)23-16)22-18(26)13-28-19-21-14-8-6-7-9-15(14)25(19)10-11-27-5/h6-9,12H,10-11,13H2,1-5H3,(H,22,26). The predicted molar refractivity (Wildman–Crippen MR) is 113 cm³/mol. The first-order valence-corrected chi connectivity index (χ1v) is 10.2. The molecule has 2 heterocycles. The van der Waals surface area contributed by atoms with Crippen LogP contribution in [0.1, 0.15) is 26.5 Å². The molecule has 0 radical (unpaired) electrons. The molecule has 3 aromatic rings. The van der Waals surface area contributed by atoms with E-state index in [4.69, 9.17) is 4.74 Å². The van der Waals surface area contributed by atoms with Crippen molar-refractivity contribution in [2.24, 2.45) is 7.05 Å². The molecule has 1 aromatic carbocycles. The lowest BCUT2D eigenvalue weighted by atomic mass is 9.92. The molecule has 1 N–H and O–H groups in total. The number of ether oxygens (including phenoxy) is 1. The lowest BCUT2D eigenvalue weighted by Gasteiger charge is -2.13. The number of aromatic nitrogens is 4. The van der Waals surface area contributed by atoms with Gasteiger partial charge in [0, 0.05) is 32.2 Å². The van der Waals surface area contributed by atoms with Crippen molar-refractivity contribution in [1.29, 1.82) is 0 Å². The summed E-state index contributed by atoms with van der Waals surface area (Å²) in [5.41, 5.74) is 2.84. The Hall–Kier alpha value is -2.32. The lowest BCUT2D eigenvalue weighted by Crippen LogP contribution is -2.17. The molecule has 0 aliphatic carbocycles. The smallest absolute Gasteiger partial charge is 0.235 e. The van der Waals surface area contributed by atoms with Crippen LogP contribution in [0.25, 0.3) is 11.0 Å². The van der Waals surface area contributed by atoms with Crippen molar-refractivity contribution in [3.8, 4) is 0 Å². The Kier molecular flexibility index (Phi) is 6.10. The molecule has 0 saturated carbocycles. The summed E-state index contributed by atoms with van der Waals surface area (Å²) in [4.78, 5) is 17.2. The molecule has 1 amide bonds. The van der Waals surface area contributed by atoms with Crippen LogP contribution in [0, 0.1) is 0 Å². The van der Waals surface area contributed by atoms with E-state index in [1.807, 2.05) is 37.4 Å². The van der Waals surface area contributed by atoms with E-state index in [1.165, 1.54) is 11.8 Å². The lowest BCUT2D eigenvalue weighted by molar-refractivity contribution is -0.113. The van der Waals surface area contributed by atoms with E-state index in [9.17, 15) is 4.79 Å². The average Bonchev–Trinajstić information content (AvgIpc) is 3.18. The molecule has 0 saturated heterocycles. The highest BCUT2D eigenvalue weighted by atomic mass is 32.2. The van der Waals surface area contributed by atoms with Gasteiger partial charge in [0.25, 0.3) is 0 Å². The molecule has 28 heavy (non-hydrogen) atoms. The van der Waals surface area contributed by atoms with Crippen LogP contribution < -0.4 is 5.32 Å². The summed E-state index contributed by atoms with van der Waals surface area (Å²) in [6.45, 7) is 7.58. The number of carbonyl (C=O) groups excluding carboxylic acids is 1. The minimum absolute atomic E-state index is 0.0678. The van der Waals surface area contributed by atoms with Crippen LogP contribution in [0.4, 0.5) is 5.82 Å². The number of carbonyl (C=O) groups is 1. The van der Waals surface area contributed by atoms with Gasteiger partial charge in [-0.15, -0.1) is 0 Å². The van der Waals surface area contributed by atoms with Crippen molar-refractivity contribution in [3.63, 3.8) is 0 Å². The quantitative estimate of drug-likeness (QED) is 0.614. The van der Waals surface area contributed by atoms with Crippen molar-refractivity contribution in [1.82, 2.24) is 19.3 Å². The van der Waals surface area contributed by atoms with Crippen LogP contribution in [0.15, 0.2) is 35.5 Å². The Morgan fingerprint density at radius 1 is 1.29 bits per heavy atom. The second-order valence-corrected chi connectivity index (χ2v) is 8.60. The first-order valence-electron chi connectivity index (χ1n) is 9.21. The summed E-state index contributed by atoms with van der Waals surface area (Å²) < 4.78 is 9.02. The van der Waals surface area contributed by atoms with Crippen LogP contribution >= 0.6 is 11.8 Å². The molecule has 150 valence electrons. The van der Waals surface area contributed by atoms with Crippen molar-refractivity contribution >= 4 is 34.5 Å². The Labute approximate surface area is 169 Å². The van der Waals surface area contributed by atoms with Gasteiger partial charge in [-0.1, -0.05) is 44.7 Å². The molecule has 3 rings (SSSR count). The largest absolute Gasteiger partial charge is 0.383 e. The van der Waals surface area contributed by atoms with E-state index in [2.05, 4.69) is 40.7 Å². The first-order chi connectivity index (χ1) is 13.3. The minimum Gasteiger partial charge on any atom is -0.383 e. The van der Waals surface area contributed by atoms with Gasteiger partial charge in [-0.25, -0.2) is 4.98 Å². The number of benzene rings is 1. The van der Waals surface area contributed by atoms with E-state index >= 15 is 0 Å².